The molecule has 13 N–H and O–H groups in total. The number of nitrogens with zero attached hydrogens (tertiary/aromatic N) is 4. The van der Waals surface area contributed by atoms with E-state index in [2.05, 4.69) is 47.4 Å². The summed E-state index contributed by atoms with van der Waals surface area (Å²) >= 11 is 0.751. The van der Waals surface area contributed by atoms with Crippen molar-refractivity contribution in [1.82, 2.24) is 41.3 Å². The number of carbonyl (C=O) groups is 8. The number of carbonyl (C=O) groups excluding carboxylic acids is 8. The molecule has 1 aromatic carbocycles. The lowest BCUT2D eigenvalue weighted by Crippen LogP contribution is -2.64. The average molecular weight is 1170 g/mol. The van der Waals surface area contributed by atoms with Crippen molar-refractivity contribution < 1.29 is 79.2 Å². The molecule has 0 saturated carbocycles. The Kier molecular flexibility index (Phi) is 26.5. The number of benzene rings is 1. The predicted molar refractivity (Wildman–Crippen MR) is 298 cm³/mol. The van der Waals surface area contributed by atoms with Crippen molar-refractivity contribution in [1.29, 1.82) is 5.26 Å². The van der Waals surface area contributed by atoms with Gasteiger partial charge in [0.05, 0.1) is 48.8 Å². The summed E-state index contributed by atoms with van der Waals surface area (Å²) in [6.07, 6.45) is -5.37. The van der Waals surface area contributed by atoms with Gasteiger partial charge in [0.2, 0.25) is 47.3 Å². The molecule has 4 aliphatic heterocycles. The maximum Gasteiger partial charge on any atom is 0.248 e. The van der Waals surface area contributed by atoms with E-state index in [0.717, 1.165) is 92.0 Å². The molecule has 0 aliphatic carbocycles. The third kappa shape index (κ3) is 18.9. The zero-order valence-electron chi connectivity index (χ0n) is 47.4. The summed E-state index contributed by atoms with van der Waals surface area (Å²) in [4.78, 5) is 118. The minimum atomic E-state index is -2.33. The van der Waals surface area contributed by atoms with Gasteiger partial charge in [-0.05, 0) is 68.6 Å². The number of nitriles is 1. The van der Waals surface area contributed by atoms with Crippen molar-refractivity contribution in [2.75, 3.05) is 31.9 Å². The number of hydrogen-bond acceptors (Lipinski definition) is 18. The largest absolute Gasteiger partial charge is 0.508 e. The van der Waals surface area contributed by atoms with Crippen LogP contribution in [0.1, 0.15) is 142 Å². The molecule has 2 unspecified atom stereocenters. The lowest BCUT2D eigenvalue weighted by molar-refractivity contribution is -0.148. The molecular weight excluding hydrogens is 1090 g/mol. The molecule has 1 aromatic rings. The normalized spacial score (nSPS) is 28.4. The highest BCUT2D eigenvalue weighted by Crippen LogP contribution is 2.28. The number of hydrogen-bond donors (Lipinski definition) is 13. The van der Waals surface area contributed by atoms with Gasteiger partial charge in [0, 0.05) is 45.4 Å². The SMILES string of the molecule is CCC(C)CC(C)CCCCCCCCC(=O)N[C@H]1C[C@@H](O)[C@@H](SCC(=O)N2CCCC2)NC(=O)[C@@H]2[C@@H](O)CCN2C(=O)[C@H]([C@H](O)CC#N)NC(=O)[C@H]([C@H](O)[C@@H](O)c2ccc(O)cc2)NC(=O)[C@@H]2C[C@@H](O)CN2C(=O)[C@H]([C@@H](C)O)NC1=O. The third-order valence-corrected chi connectivity index (χ3v) is 17.2. The first-order valence-corrected chi connectivity index (χ1v) is 29.9. The molecule has 0 aromatic heterocycles. The molecule has 26 heteroatoms. The van der Waals surface area contributed by atoms with E-state index in [1.165, 1.54) is 18.6 Å². The number of nitrogens with one attached hydrogen (secondary N) is 5. The summed E-state index contributed by atoms with van der Waals surface area (Å²) in [5.74, 6) is -7.55. The Bertz CT molecular complexity index is 2360. The summed E-state index contributed by atoms with van der Waals surface area (Å²) in [7, 11) is 0. The van der Waals surface area contributed by atoms with Crippen molar-refractivity contribution in [3.63, 3.8) is 0 Å². The standard InChI is InChI=1S/C56H87N9O16S/c1-5-31(2)26-32(3)14-10-8-6-7-9-11-15-42(72)58-37-28-41(71)54(82-30-43(73)63-23-12-13-24-63)62-53(79)47-40(70)21-25-64(47)56(81)45(39(69)20-22-57)60-52(78)46(49(75)48(74)34-16-18-35(67)19-17-34)61-51(77)38-27-36(68)29-65(38)55(80)44(33(4)66)59-50(37)76/h16-19,31-33,36-41,44-49,54,66-71,74-75H,5-15,20-21,23-30H2,1-4H3,(H,58,72)(H,59,76)(H,60,78)(H,61,77)(H,62,79)/t31?,32?,33-,36-,37+,38+,39-,40+,41-,44+,45+,46+,47+,48+,49+,54-/m1/s1. The first kappa shape index (κ1) is 67.1. The van der Waals surface area contributed by atoms with Crippen LogP contribution in [0, 0.1) is 23.2 Å². The first-order chi connectivity index (χ1) is 38.9. The Morgan fingerprint density at radius 3 is 2.01 bits per heavy atom. The van der Waals surface area contributed by atoms with Crippen LogP contribution in [0.4, 0.5) is 0 Å². The van der Waals surface area contributed by atoms with Gasteiger partial charge in [0.25, 0.3) is 0 Å². The summed E-state index contributed by atoms with van der Waals surface area (Å²) in [6.45, 7) is 7.81. The second-order valence-corrected chi connectivity index (χ2v) is 23.8. The second-order valence-electron chi connectivity index (χ2n) is 22.6. The molecule has 0 radical (unpaired) electrons. The lowest BCUT2D eigenvalue weighted by Gasteiger charge is -2.34. The Morgan fingerprint density at radius 2 is 1.37 bits per heavy atom. The van der Waals surface area contributed by atoms with Crippen LogP contribution in [-0.4, -0.2) is 213 Å². The number of fused-ring (bicyclic) bond motifs is 2. The number of aliphatic hydroxyl groups excluding tert-OH is 7. The quantitative estimate of drug-likeness (QED) is 0.0623. The average Bonchev–Trinajstić information content (AvgIpc) is 4.12. The fourth-order valence-corrected chi connectivity index (χ4v) is 12.1. The number of unbranched alkanes of at least 4 members (excludes halogenated alkanes) is 5. The van der Waals surface area contributed by atoms with Gasteiger partial charge in [-0.1, -0.05) is 77.8 Å². The number of aromatic hydroxyl groups is 1. The van der Waals surface area contributed by atoms with Gasteiger partial charge in [-0.3, -0.25) is 38.4 Å². The second kappa shape index (κ2) is 32.4. The summed E-state index contributed by atoms with van der Waals surface area (Å²) < 4.78 is 0. The summed E-state index contributed by atoms with van der Waals surface area (Å²) in [5, 5.41) is 110. The van der Waals surface area contributed by atoms with Gasteiger partial charge >= 0.3 is 0 Å². The van der Waals surface area contributed by atoms with Crippen LogP contribution in [0.3, 0.4) is 0 Å². The zero-order valence-corrected chi connectivity index (χ0v) is 48.3. The molecule has 16 atom stereocenters. The molecular formula is C56H87N9O16S. The van der Waals surface area contributed by atoms with Gasteiger partial charge < -0.3 is 82.1 Å². The third-order valence-electron chi connectivity index (χ3n) is 16.0. The van der Waals surface area contributed by atoms with Crippen LogP contribution in [0.25, 0.3) is 0 Å². The van der Waals surface area contributed by atoms with Crippen molar-refractivity contribution >= 4 is 59.0 Å². The van der Waals surface area contributed by atoms with Gasteiger partial charge in [-0.2, -0.15) is 5.26 Å². The molecule has 458 valence electrons. The van der Waals surface area contributed by atoms with Crippen LogP contribution in [-0.2, 0) is 38.4 Å². The maximum absolute atomic E-state index is 14.7. The van der Waals surface area contributed by atoms with Crippen LogP contribution in [0.15, 0.2) is 24.3 Å². The van der Waals surface area contributed by atoms with E-state index in [9.17, 15) is 84.5 Å². The fraction of sp³-hybridized carbons (Fsp3) is 0.732. The van der Waals surface area contributed by atoms with E-state index in [4.69, 9.17) is 0 Å². The number of amides is 8. The van der Waals surface area contributed by atoms with E-state index in [0.29, 0.717) is 37.8 Å². The minimum Gasteiger partial charge on any atom is -0.508 e. The first-order valence-electron chi connectivity index (χ1n) is 28.9. The Balaban J connectivity index is 1.52. The molecule has 0 spiro atoms. The number of thioether (sulfide) groups is 1. The van der Waals surface area contributed by atoms with Gasteiger partial charge in [0.1, 0.15) is 59.6 Å². The molecule has 8 amide bonds. The van der Waals surface area contributed by atoms with Crippen molar-refractivity contribution in [3.05, 3.63) is 29.8 Å². The molecule has 0 bridgehead atoms. The molecule has 5 rings (SSSR count). The van der Waals surface area contributed by atoms with Crippen LogP contribution < -0.4 is 26.6 Å². The number of phenolic OH excluding ortho intramolecular Hbond substituents is 1. The highest BCUT2D eigenvalue weighted by atomic mass is 32.2. The number of rotatable bonds is 22. The van der Waals surface area contributed by atoms with Crippen LogP contribution >= 0.6 is 11.8 Å². The van der Waals surface area contributed by atoms with E-state index in [1.807, 2.05) is 0 Å². The minimum absolute atomic E-state index is 0.0568. The summed E-state index contributed by atoms with van der Waals surface area (Å²) in [5.41, 5.74) is -0.0922. The van der Waals surface area contributed by atoms with Gasteiger partial charge in [0.15, 0.2) is 0 Å². The van der Waals surface area contributed by atoms with E-state index in [-0.39, 0.29) is 42.4 Å². The van der Waals surface area contributed by atoms with E-state index < -0.39 is 152 Å². The Labute approximate surface area is 483 Å². The Morgan fingerprint density at radius 1 is 0.744 bits per heavy atom. The van der Waals surface area contributed by atoms with Gasteiger partial charge in [-0.25, -0.2) is 0 Å². The van der Waals surface area contributed by atoms with Gasteiger partial charge in [-0.15, -0.1) is 11.8 Å². The predicted octanol–water partition coefficient (Wildman–Crippen LogP) is -0.940. The highest BCUT2D eigenvalue weighted by Gasteiger charge is 2.49. The topological polar surface area (TPSA) is 392 Å². The smallest absolute Gasteiger partial charge is 0.248 e. The highest BCUT2D eigenvalue weighted by molar-refractivity contribution is 8.00. The van der Waals surface area contributed by atoms with E-state index in [1.54, 1.807) is 11.0 Å². The van der Waals surface area contributed by atoms with Crippen LogP contribution in [0.2, 0.25) is 0 Å². The monoisotopic (exact) mass is 1170 g/mol. The number of aliphatic hydroxyl groups is 7. The zero-order chi connectivity index (χ0) is 60.4. The molecule has 25 nitrogen and oxygen atoms in total. The Hall–Kier alpha value is -5.66. The molecule has 4 aliphatic rings. The summed E-state index contributed by atoms with van der Waals surface area (Å²) in [6, 6.07) is -5.28. The number of likely N-dealkylation sites (tertiary alicyclic amines) is 1. The fourth-order valence-electron chi connectivity index (χ4n) is 11.0. The molecule has 82 heavy (non-hydrogen) atoms. The molecule has 4 saturated heterocycles. The van der Waals surface area contributed by atoms with Crippen molar-refractivity contribution in [2.45, 2.75) is 215 Å². The van der Waals surface area contributed by atoms with E-state index >= 15 is 0 Å². The number of phenols is 1. The molecule has 4 heterocycles. The lowest BCUT2D eigenvalue weighted by atomic mass is 9.91. The van der Waals surface area contributed by atoms with Crippen molar-refractivity contribution in [3.8, 4) is 11.8 Å². The van der Waals surface area contributed by atoms with Crippen molar-refractivity contribution in [2.24, 2.45) is 11.8 Å². The maximum atomic E-state index is 14.7. The molecule has 4 fully saturated rings. The van der Waals surface area contributed by atoms with Crippen LogP contribution in [0.5, 0.6) is 5.75 Å².